The zero-order valence-electron chi connectivity index (χ0n) is 14.7. The third-order valence-electron chi connectivity index (χ3n) is 3.80. The molecule has 0 saturated carbocycles. The molecule has 27 heavy (non-hydrogen) atoms. The Kier molecular flexibility index (Phi) is 5.98. The highest BCUT2D eigenvalue weighted by Crippen LogP contribution is 2.35. The average molecular weight is 383 g/mol. The third-order valence-corrected chi connectivity index (χ3v) is 4.97. The molecule has 0 aliphatic heterocycles. The van der Waals surface area contributed by atoms with Gasteiger partial charge in [-0.1, -0.05) is 42.5 Å². The summed E-state index contributed by atoms with van der Waals surface area (Å²) in [4.78, 5) is 25.9. The quantitative estimate of drug-likeness (QED) is 0.615. The van der Waals surface area contributed by atoms with Gasteiger partial charge in [-0.25, -0.2) is 9.18 Å². The van der Waals surface area contributed by atoms with Gasteiger partial charge in [-0.2, -0.15) is 0 Å². The maximum atomic E-state index is 13.0. The number of halogens is 1. The van der Waals surface area contributed by atoms with Crippen molar-refractivity contribution < 1.29 is 18.7 Å². The lowest BCUT2D eigenvalue weighted by molar-refractivity contribution is -0.115. The van der Waals surface area contributed by atoms with E-state index in [2.05, 4.69) is 5.32 Å². The molecule has 1 N–H and O–H groups in total. The second-order valence-corrected chi connectivity index (χ2v) is 6.84. The van der Waals surface area contributed by atoms with Gasteiger partial charge in [-0.05, 0) is 36.2 Å². The zero-order valence-corrected chi connectivity index (χ0v) is 15.5. The number of carbonyl (C=O) groups excluding carboxylic acids is 2. The SMILES string of the molecule is CCOC(=O)c1sc(-c2ccccc2)cc1NC(=O)Cc1ccc(F)cc1. The van der Waals surface area contributed by atoms with E-state index >= 15 is 0 Å². The van der Waals surface area contributed by atoms with E-state index in [1.165, 1.54) is 23.5 Å². The van der Waals surface area contributed by atoms with Crippen LogP contribution in [0.4, 0.5) is 10.1 Å². The Morgan fingerprint density at radius 1 is 1.07 bits per heavy atom. The van der Waals surface area contributed by atoms with E-state index in [0.717, 1.165) is 10.4 Å². The van der Waals surface area contributed by atoms with Crippen LogP contribution in [-0.2, 0) is 16.0 Å². The molecule has 138 valence electrons. The third kappa shape index (κ3) is 4.80. The van der Waals surface area contributed by atoms with Crippen LogP contribution in [0.3, 0.4) is 0 Å². The number of ether oxygens (including phenoxy) is 1. The van der Waals surface area contributed by atoms with Crippen LogP contribution in [-0.4, -0.2) is 18.5 Å². The molecule has 1 heterocycles. The number of esters is 1. The van der Waals surface area contributed by atoms with Gasteiger partial charge in [0.2, 0.25) is 5.91 Å². The van der Waals surface area contributed by atoms with Gasteiger partial charge in [0.15, 0.2) is 0 Å². The predicted octanol–water partition coefficient (Wildman–Crippen LogP) is 4.91. The summed E-state index contributed by atoms with van der Waals surface area (Å²) in [5, 5.41) is 2.78. The van der Waals surface area contributed by atoms with Gasteiger partial charge < -0.3 is 10.1 Å². The molecule has 3 rings (SSSR count). The maximum Gasteiger partial charge on any atom is 0.350 e. The topological polar surface area (TPSA) is 55.4 Å². The molecule has 0 spiro atoms. The largest absolute Gasteiger partial charge is 0.462 e. The molecule has 6 heteroatoms. The van der Waals surface area contributed by atoms with Gasteiger partial charge in [0.1, 0.15) is 10.7 Å². The number of hydrogen-bond acceptors (Lipinski definition) is 4. The lowest BCUT2D eigenvalue weighted by Gasteiger charge is -2.06. The van der Waals surface area contributed by atoms with Gasteiger partial charge in [0, 0.05) is 4.88 Å². The monoisotopic (exact) mass is 383 g/mol. The van der Waals surface area contributed by atoms with Crippen LogP contribution in [0.25, 0.3) is 10.4 Å². The van der Waals surface area contributed by atoms with Gasteiger partial charge >= 0.3 is 5.97 Å². The van der Waals surface area contributed by atoms with Crippen LogP contribution in [0.5, 0.6) is 0 Å². The number of benzene rings is 2. The molecule has 3 aromatic rings. The Morgan fingerprint density at radius 3 is 2.44 bits per heavy atom. The van der Waals surface area contributed by atoms with Crippen LogP contribution >= 0.6 is 11.3 Å². The number of nitrogens with one attached hydrogen (secondary N) is 1. The second kappa shape index (κ2) is 8.60. The summed E-state index contributed by atoms with van der Waals surface area (Å²) in [6.07, 6.45) is 0.0824. The lowest BCUT2D eigenvalue weighted by Crippen LogP contribution is -2.16. The first-order valence-electron chi connectivity index (χ1n) is 8.47. The molecular formula is C21H18FNO3S. The first kappa shape index (κ1) is 18.8. The van der Waals surface area contributed by atoms with Crippen LogP contribution < -0.4 is 5.32 Å². The Hall–Kier alpha value is -2.99. The number of carbonyl (C=O) groups is 2. The van der Waals surface area contributed by atoms with Crippen molar-refractivity contribution in [2.24, 2.45) is 0 Å². The Morgan fingerprint density at radius 2 is 1.78 bits per heavy atom. The summed E-state index contributed by atoms with van der Waals surface area (Å²) in [5.74, 6) is -1.11. The molecule has 0 aliphatic rings. The van der Waals surface area contributed by atoms with Crippen molar-refractivity contribution in [1.82, 2.24) is 0 Å². The Balaban J connectivity index is 1.83. The van der Waals surface area contributed by atoms with E-state index in [1.807, 2.05) is 30.3 Å². The van der Waals surface area contributed by atoms with Crippen LogP contribution in [0.15, 0.2) is 60.7 Å². The van der Waals surface area contributed by atoms with Gasteiger partial charge in [-0.3, -0.25) is 4.79 Å². The average Bonchev–Trinajstić information content (AvgIpc) is 3.08. The Labute approximate surface area is 160 Å². The molecule has 0 aliphatic carbocycles. The predicted molar refractivity (Wildman–Crippen MR) is 104 cm³/mol. The van der Waals surface area contributed by atoms with Crippen molar-refractivity contribution in [2.75, 3.05) is 11.9 Å². The summed E-state index contributed by atoms with van der Waals surface area (Å²) >= 11 is 1.27. The van der Waals surface area contributed by atoms with Gasteiger partial charge in [0.25, 0.3) is 0 Å². The highest BCUT2D eigenvalue weighted by atomic mass is 32.1. The number of hydrogen-bond donors (Lipinski definition) is 1. The van der Waals surface area contributed by atoms with Crippen molar-refractivity contribution in [3.63, 3.8) is 0 Å². The molecule has 0 fully saturated rings. The summed E-state index contributed by atoms with van der Waals surface area (Å²) in [7, 11) is 0. The van der Waals surface area contributed by atoms with Gasteiger partial charge in [0.05, 0.1) is 18.7 Å². The molecule has 1 aromatic heterocycles. The maximum absolute atomic E-state index is 13.0. The van der Waals surface area contributed by atoms with E-state index in [9.17, 15) is 14.0 Å². The summed E-state index contributed by atoms with van der Waals surface area (Å²) < 4.78 is 18.1. The molecule has 0 bridgehead atoms. The molecule has 0 atom stereocenters. The fourth-order valence-electron chi connectivity index (χ4n) is 2.56. The van der Waals surface area contributed by atoms with E-state index in [1.54, 1.807) is 25.1 Å². The van der Waals surface area contributed by atoms with Crippen LogP contribution in [0.2, 0.25) is 0 Å². The van der Waals surface area contributed by atoms with E-state index in [-0.39, 0.29) is 24.8 Å². The molecule has 0 unspecified atom stereocenters. The summed E-state index contributed by atoms with van der Waals surface area (Å²) in [5.41, 5.74) is 2.06. The van der Waals surface area contributed by atoms with E-state index in [0.29, 0.717) is 16.1 Å². The molecule has 2 aromatic carbocycles. The second-order valence-electron chi connectivity index (χ2n) is 5.79. The minimum absolute atomic E-state index is 0.0824. The highest BCUT2D eigenvalue weighted by molar-refractivity contribution is 7.18. The number of amides is 1. The lowest BCUT2D eigenvalue weighted by atomic mass is 10.1. The molecule has 0 saturated heterocycles. The van der Waals surface area contributed by atoms with Gasteiger partial charge in [-0.15, -0.1) is 11.3 Å². The molecule has 1 amide bonds. The standard InChI is InChI=1S/C21H18FNO3S/c1-2-26-21(25)20-17(13-18(27-20)15-6-4-3-5-7-15)23-19(24)12-14-8-10-16(22)11-9-14/h3-11,13H,2,12H2,1H3,(H,23,24). The number of rotatable bonds is 6. The van der Waals surface area contributed by atoms with Crippen molar-refractivity contribution in [2.45, 2.75) is 13.3 Å². The fraction of sp³-hybridized carbons (Fsp3) is 0.143. The summed E-state index contributed by atoms with van der Waals surface area (Å²) in [6.45, 7) is 1.98. The van der Waals surface area contributed by atoms with Crippen LogP contribution in [0.1, 0.15) is 22.2 Å². The smallest absolute Gasteiger partial charge is 0.350 e. The van der Waals surface area contributed by atoms with E-state index in [4.69, 9.17) is 4.74 Å². The summed E-state index contributed by atoms with van der Waals surface area (Å²) in [6, 6.07) is 17.1. The molecule has 0 radical (unpaired) electrons. The minimum Gasteiger partial charge on any atom is -0.462 e. The Bertz CT molecular complexity index is 936. The van der Waals surface area contributed by atoms with Crippen LogP contribution in [0, 0.1) is 5.82 Å². The van der Waals surface area contributed by atoms with E-state index < -0.39 is 5.97 Å². The molecular weight excluding hydrogens is 365 g/mol. The first-order chi connectivity index (χ1) is 13.1. The number of thiophene rings is 1. The van der Waals surface area contributed by atoms with Crippen molar-refractivity contribution in [1.29, 1.82) is 0 Å². The minimum atomic E-state index is -0.471. The highest BCUT2D eigenvalue weighted by Gasteiger charge is 2.20. The zero-order chi connectivity index (χ0) is 19.2. The van der Waals surface area contributed by atoms with Crippen molar-refractivity contribution in [3.8, 4) is 10.4 Å². The number of anilines is 1. The molecule has 4 nitrogen and oxygen atoms in total. The van der Waals surface area contributed by atoms with Crippen molar-refractivity contribution >= 4 is 28.9 Å². The fourth-order valence-corrected chi connectivity index (χ4v) is 3.57. The van der Waals surface area contributed by atoms with Crippen molar-refractivity contribution in [3.05, 3.63) is 76.9 Å². The normalized spacial score (nSPS) is 10.4. The first-order valence-corrected chi connectivity index (χ1v) is 9.29.